The SMILES string of the molecule is CN1C(=O)N(CC(=O)NC2CCCCC2)C(=O)C12CCCCC2. The summed E-state index contributed by atoms with van der Waals surface area (Å²) in [6, 6.07) is -0.124. The summed E-state index contributed by atoms with van der Waals surface area (Å²) in [6.45, 7) is -0.139. The molecular weight excluding hydrogens is 294 g/mol. The molecule has 2 aliphatic carbocycles. The number of amides is 4. The topological polar surface area (TPSA) is 69.7 Å². The van der Waals surface area contributed by atoms with Gasteiger partial charge in [-0.3, -0.25) is 14.5 Å². The van der Waals surface area contributed by atoms with Crippen LogP contribution in [0.4, 0.5) is 4.79 Å². The second kappa shape index (κ2) is 6.49. The van der Waals surface area contributed by atoms with Crippen LogP contribution in [-0.4, -0.2) is 52.8 Å². The zero-order valence-corrected chi connectivity index (χ0v) is 14.0. The molecule has 1 spiro atoms. The van der Waals surface area contributed by atoms with Crippen molar-refractivity contribution in [2.75, 3.05) is 13.6 Å². The molecule has 3 rings (SSSR count). The van der Waals surface area contributed by atoms with E-state index >= 15 is 0 Å². The Morgan fingerprint density at radius 2 is 1.70 bits per heavy atom. The number of nitrogens with zero attached hydrogens (tertiary/aromatic N) is 2. The van der Waals surface area contributed by atoms with E-state index in [1.165, 1.54) is 6.42 Å². The minimum absolute atomic E-state index is 0.139. The van der Waals surface area contributed by atoms with Gasteiger partial charge >= 0.3 is 6.03 Å². The Labute approximate surface area is 137 Å². The predicted octanol–water partition coefficient (Wildman–Crippen LogP) is 2.03. The average molecular weight is 321 g/mol. The fourth-order valence-electron chi connectivity index (χ4n) is 4.33. The quantitative estimate of drug-likeness (QED) is 0.809. The van der Waals surface area contributed by atoms with E-state index < -0.39 is 5.54 Å². The highest BCUT2D eigenvalue weighted by Gasteiger charge is 2.55. The summed E-state index contributed by atoms with van der Waals surface area (Å²) in [6.07, 6.45) is 9.97. The third-order valence-electron chi connectivity index (χ3n) is 5.76. The second-order valence-corrected chi connectivity index (χ2v) is 7.23. The van der Waals surface area contributed by atoms with Gasteiger partial charge in [-0.2, -0.15) is 0 Å². The highest BCUT2D eigenvalue weighted by atomic mass is 16.2. The van der Waals surface area contributed by atoms with Crippen LogP contribution in [0.3, 0.4) is 0 Å². The van der Waals surface area contributed by atoms with Crippen molar-refractivity contribution in [2.24, 2.45) is 0 Å². The fourth-order valence-corrected chi connectivity index (χ4v) is 4.33. The smallest absolute Gasteiger partial charge is 0.327 e. The lowest BCUT2D eigenvalue weighted by molar-refractivity contribution is -0.137. The van der Waals surface area contributed by atoms with Crippen molar-refractivity contribution in [3.8, 4) is 0 Å². The van der Waals surface area contributed by atoms with Crippen LogP contribution in [0.25, 0.3) is 0 Å². The summed E-state index contributed by atoms with van der Waals surface area (Å²) in [5.74, 6) is -0.386. The van der Waals surface area contributed by atoms with Crippen LogP contribution >= 0.6 is 0 Å². The monoisotopic (exact) mass is 321 g/mol. The lowest BCUT2D eigenvalue weighted by Crippen LogP contribution is -2.50. The number of carbonyl (C=O) groups excluding carboxylic acids is 3. The molecule has 6 nitrogen and oxygen atoms in total. The van der Waals surface area contributed by atoms with Gasteiger partial charge < -0.3 is 10.2 Å². The largest absolute Gasteiger partial charge is 0.352 e. The molecule has 3 fully saturated rings. The molecule has 23 heavy (non-hydrogen) atoms. The normalized spacial score (nSPS) is 25.3. The molecule has 1 aliphatic heterocycles. The van der Waals surface area contributed by atoms with E-state index in [0.29, 0.717) is 0 Å². The van der Waals surface area contributed by atoms with Crippen LogP contribution in [0.2, 0.25) is 0 Å². The Morgan fingerprint density at radius 1 is 1.09 bits per heavy atom. The van der Waals surface area contributed by atoms with Gasteiger partial charge in [-0.05, 0) is 25.7 Å². The minimum Gasteiger partial charge on any atom is -0.352 e. The van der Waals surface area contributed by atoms with Gasteiger partial charge in [0.2, 0.25) is 5.91 Å². The summed E-state index contributed by atoms with van der Waals surface area (Å²) >= 11 is 0. The molecule has 0 aromatic carbocycles. The van der Waals surface area contributed by atoms with E-state index in [4.69, 9.17) is 0 Å². The number of hydrogen-bond donors (Lipinski definition) is 1. The summed E-state index contributed by atoms with van der Waals surface area (Å²) in [7, 11) is 1.70. The molecule has 0 radical (unpaired) electrons. The van der Waals surface area contributed by atoms with Gasteiger partial charge in [0.25, 0.3) is 5.91 Å². The standard InChI is InChI=1S/C17H27N3O3/c1-19-16(23)20(15(22)17(19)10-6-3-7-11-17)12-14(21)18-13-8-4-2-5-9-13/h13H,2-12H2,1H3,(H,18,21). The first-order valence-electron chi connectivity index (χ1n) is 8.94. The number of urea groups is 1. The first-order valence-corrected chi connectivity index (χ1v) is 8.94. The Balaban J connectivity index is 1.64. The molecule has 0 aromatic heterocycles. The van der Waals surface area contributed by atoms with Crippen LogP contribution < -0.4 is 5.32 Å². The van der Waals surface area contributed by atoms with Gasteiger partial charge in [0.1, 0.15) is 12.1 Å². The lowest BCUT2D eigenvalue weighted by atomic mass is 9.81. The number of hydrogen-bond acceptors (Lipinski definition) is 3. The Kier molecular flexibility index (Phi) is 4.60. The molecule has 128 valence electrons. The molecule has 1 saturated heterocycles. The third kappa shape index (κ3) is 2.95. The first-order chi connectivity index (χ1) is 11.0. The van der Waals surface area contributed by atoms with Crippen LogP contribution in [-0.2, 0) is 9.59 Å². The van der Waals surface area contributed by atoms with Gasteiger partial charge in [0.05, 0.1) is 0 Å². The third-order valence-corrected chi connectivity index (χ3v) is 5.76. The Bertz CT molecular complexity index is 493. The van der Waals surface area contributed by atoms with Gasteiger partial charge in [0, 0.05) is 13.1 Å². The highest BCUT2D eigenvalue weighted by Crippen LogP contribution is 2.39. The summed E-state index contributed by atoms with van der Waals surface area (Å²) < 4.78 is 0. The highest BCUT2D eigenvalue weighted by molar-refractivity contribution is 6.08. The van der Waals surface area contributed by atoms with Crippen molar-refractivity contribution in [1.29, 1.82) is 0 Å². The molecule has 0 atom stereocenters. The summed E-state index contributed by atoms with van der Waals surface area (Å²) in [5, 5.41) is 2.99. The average Bonchev–Trinajstić information content (AvgIpc) is 2.73. The lowest BCUT2D eigenvalue weighted by Gasteiger charge is -2.35. The van der Waals surface area contributed by atoms with Crippen LogP contribution in [0.15, 0.2) is 0 Å². The molecule has 1 N–H and O–H groups in total. The minimum atomic E-state index is -0.694. The number of likely N-dealkylation sites (N-methyl/N-ethyl adjacent to an activating group) is 1. The molecule has 2 saturated carbocycles. The van der Waals surface area contributed by atoms with Gasteiger partial charge in [-0.25, -0.2) is 4.79 Å². The number of rotatable bonds is 3. The van der Waals surface area contributed by atoms with Crippen LogP contribution in [0, 0.1) is 0 Å². The maximum Gasteiger partial charge on any atom is 0.327 e. The molecule has 0 unspecified atom stereocenters. The van der Waals surface area contributed by atoms with Gasteiger partial charge in [0.15, 0.2) is 0 Å². The van der Waals surface area contributed by atoms with Crippen LogP contribution in [0.1, 0.15) is 64.2 Å². The van der Waals surface area contributed by atoms with Crippen molar-refractivity contribution < 1.29 is 14.4 Å². The number of carbonyl (C=O) groups is 3. The predicted molar refractivity (Wildman–Crippen MR) is 85.7 cm³/mol. The van der Waals surface area contributed by atoms with E-state index in [0.717, 1.165) is 62.7 Å². The second-order valence-electron chi connectivity index (χ2n) is 7.23. The number of imide groups is 1. The molecule has 0 bridgehead atoms. The summed E-state index contributed by atoms with van der Waals surface area (Å²) in [5.41, 5.74) is -0.694. The van der Waals surface area contributed by atoms with Crippen molar-refractivity contribution in [3.63, 3.8) is 0 Å². The van der Waals surface area contributed by atoms with E-state index in [1.807, 2.05) is 0 Å². The van der Waals surface area contributed by atoms with Crippen molar-refractivity contribution in [1.82, 2.24) is 15.1 Å². The van der Waals surface area contributed by atoms with E-state index in [2.05, 4.69) is 5.32 Å². The fraction of sp³-hybridized carbons (Fsp3) is 0.824. The number of nitrogens with one attached hydrogen (secondary N) is 1. The van der Waals surface area contributed by atoms with Crippen LogP contribution in [0.5, 0.6) is 0 Å². The van der Waals surface area contributed by atoms with Crippen molar-refractivity contribution in [3.05, 3.63) is 0 Å². The molecule has 4 amide bonds. The Morgan fingerprint density at radius 3 is 2.35 bits per heavy atom. The van der Waals surface area contributed by atoms with Gasteiger partial charge in [-0.15, -0.1) is 0 Å². The van der Waals surface area contributed by atoms with E-state index in [9.17, 15) is 14.4 Å². The Hall–Kier alpha value is -1.59. The maximum absolute atomic E-state index is 12.8. The first kappa shape index (κ1) is 16.3. The van der Waals surface area contributed by atoms with Crippen molar-refractivity contribution >= 4 is 17.8 Å². The maximum atomic E-state index is 12.8. The molecule has 6 heteroatoms. The zero-order valence-electron chi connectivity index (χ0n) is 14.0. The van der Waals surface area contributed by atoms with E-state index in [-0.39, 0.29) is 30.4 Å². The van der Waals surface area contributed by atoms with Gasteiger partial charge in [-0.1, -0.05) is 38.5 Å². The summed E-state index contributed by atoms with van der Waals surface area (Å²) in [4.78, 5) is 40.3. The molecule has 3 aliphatic rings. The van der Waals surface area contributed by atoms with Crippen molar-refractivity contribution in [2.45, 2.75) is 75.8 Å². The molecule has 1 heterocycles. The zero-order chi connectivity index (χ0) is 16.4. The molecular formula is C17H27N3O3. The van der Waals surface area contributed by atoms with E-state index in [1.54, 1.807) is 11.9 Å². The molecule has 0 aromatic rings.